The smallest absolute Gasteiger partial charge is 0.310 e. The van der Waals surface area contributed by atoms with Crippen molar-refractivity contribution in [1.82, 2.24) is 10.3 Å². The molecule has 0 bridgehead atoms. The van der Waals surface area contributed by atoms with Crippen LogP contribution in [0.2, 0.25) is 0 Å². The average molecular weight is 441 g/mol. The monoisotopic (exact) mass is 441 g/mol. The van der Waals surface area contributed by atoms with E-state index in [4.69, 9.17) is 4.89 Å². The highest BCUT2D eigenvalue weighted by molar-refractivity contribution is 7.31. The summed E-state index contributed by atoms with van der Waals surface area (Å²) in [7, 11) is -2.73. The van der Waals surface area contributed by atoms with E-state index in [1.165, 1.54) is 42.4 Å². The molecule has 3 aromatic rings. The summed E-state index contributed by atoms with van der Waals surface area (Å²) in [5.41, 5.74) is 5.80. The second kappa shape index (κ2) is 12.6. The van der Waals surface area contributed by atoms with E-state index in [0.717, 1.165) is 22.9 Å². The first-order valence-electron chi connectivity index (χ1n) is 10.8. The van der Waals surface area contributed by atoms with Crippen LogP contribution < -0.4 is 5.32 Å². The van der Waals surface area contributed by atoms with Crippen LogP contribution in [0, 0.1) is 0 Å². The Morgan fingerprint density at radius 3 is 2.68 bits per heavy atom. The first-order chi connectivity index (χ1) is 15.2. The van der Waals surface area contributed by atoms with Crippen LogP contribution >= 0.6 is 8.25 Å². The van der Waals surface area contributed by atoms with Crippen molar-refractivity contribution < 1.29 is 19.0 Å². The lowest BCUT2D eigenvalue weighted by atomic mass is 9.96. The van der Waals surface area contributed by atoms with E-state index in [2.05, 4.69) is 69.3 Å². The van der Waals surface area contributed by atoms with E-state index in [1.54, 1.807) is 0 Å². The van der Waals surface area contributed by atoms with Gasteiger partial charge in [-0.15, -0.1) is 4.89 Å². The van der Waals surface area contributed by atoms with E-state index < -0.39 is 8.25 Å². The predicted molar refractivity (Wildman–Crippen MR) is 124 cm³/mol. The third kappa shape index (κ3) is 7.17. The number of aryl methyl sites for hydroxylation is 1. The lowest BCUT2D eigenvalue weighted by Gasteiger charge is -2.12. The zero-order valence-corrected chi connectivity index (χ0v) is 18.8. The SMILES string of the molecule is CCCCCCc1ccc(-c2ccc(CNCCOO[P+](=O)O)c3ncccc23)cc1. The summed E-state index contributed by atoms with van der Waals surface area (Å²) in [6.45, 7) is 3.51. The number of hydrogen-bond acceptors (Lipinski definition) is 5. The van der Waals surface area contributed by atoms with Gasteiger partial charge in [-0.2, -0.15) is 4.89 Å². The minimum atomic E-state index is -2.73. The molecule has 31 heavy (non-hydrogen) atoms. The molecule has 0 spiro atoms. The van der Waals surface area contributed by atoms with Crippen molar-refractivity contribution in [3.63, 3.8) is 0 Å². The van der Waals surface area contributed by atoms with Crippen LogP contribution in [0.3, 0.4) is 0 Å². The molecule has 0 aliphatic heterocycles. The number of unbranched alkanes of at least 4 members (excludes halogenated alkanes) is 3. The molecule has 2 N–H and O–H groups in total. The van der Waals surface area contributed by atoms with Crippen LogP contribution in [0.4, 0.5) is 0 Å². The average Bonchev–Trinajstić information content (AvgIpc) is 2.79. The van der Waals surface area contributed by atoms with Gasteiger partial charge in [0, 0.05) is 29.2 Å². The van der Waals surface area contributed by atoms with Crippen LogP contribution in [0.15, 0.2) is 54.7 Å². The summed E-state index contributed by atoms with van der Waals surface area (Å²) in [5, 5.41) is 4.36. The first-order valence-corrected chi connectivity index (χ1v) is 11.9. The maximum atomic E-state index is 10.4. The maximum absolute atomic E-state index is 10.4. The molecule has 0 fully saturated rings. The van der Waals surface area contributed by atoms with E-state index >= 15 is 0 Å². The molecule has 6 nitrogen and oxygen atoms in total. The van der Waals surface area contributed by atoms with Crippen molar-refractivity contribution >= 4 is 19.2 Å². The van der Waals surface area contributed by atoms with Crippen LogP contribution in [-0.4, -0.2) is 23.0 Å². The van der Waals surface area contributed by atoms with Gasteiger partial charge >= 0.3 is 8.25 Å². The Morgan fingerprint density at radius 1 is 1.06 bits per heavy atom. The van der Waals surface area contributed by atoms with Gasteiger partial charge in [0.25, 0.3) is 0 Å². The van der Waals surface area contributed by atoms with Crippen LogP contribution in [-0.2, 0) is 27.1 Å². The van der Waals surface area contributed by atoms with Gasteiger partial charge in [-0.05, 0) is 41.2 Å². The predicted octanol–water partition coefficient (Wildman–Crippen LogP) is 5.71. The van der Waals surface area contributed by atoms with Crippen molar-refractivity contribution in [2.24, 2.45) is 0 Å². The number of nitrogens with one attached hydrogen (secondary N) is 1. The van der Waals surface area contributed by atoms with Crippen molar-refractivity contribution in [3.8, 4) is 11.1 Å². The molecule has 164 valence electrons. The standard InChI is InChI=1S/C24H29N2O4P/c1-2-3-4-5-7-19-9-11-20(12-10-19)22-14-13-21(24-23(22)8-6-15-26-24)18-25-16-17-29-30-31(27)28/h6,8-15,25H,2-5,7,16-18H2,1H3/p+1. The molecule has 7 heteroatoms. The van der Waals surface area contributed by atoms with Gasteiger partial charge in [0.15, 0.2) is 0 Å². The quantitative estimate of drug-likeness (QED) is 0.153. The fourth-order valence-electron chi connectivity index (χ4n) is 3.65. The fraction of sp³-hybridized carbons (Fsp3) is 0.375. The number of rotatable bonds is 13. The van der Waals surface area contributed by atoms with Crippen molar-refractivity contribution in [1.29, 1.82) is 0 Å². The minimum Gasteiger partial charge on any atom is -0.310 e. The summed E-state index contributed by atoms with van der Waals surface area (Å²) < 4.78 is 14.6. The molecule has 0 aliphatic rings. The van der Waals surface area contributed by atoms with Crippen molar-refractivity contribution in [3.05, 3.63) is 65.9 Å². The zero-order valence-electron chi connectivity index (χ0n) is 17.9. The molecule has 1 heterocycles. The molecule has 0 aliphatic carbocycles. The molecule has 1 aromatic heterocycles. The second-order valence-corrected chi connectivity index (χ2v) is 8.12. The van der Waals surface area contributed by atoms with E-state index in [-0.39, 0.29) is 6.61 Å². The van der Waals surface area contributed by atoms with Crippen molar-refractivity contribution in [2.45, 2.75) is 45.6 Å². The van der Waals surface area contributed by atoms with E-state index in [9.17, 15) is 4.57 Å². The number of pyridine rings is 1. The van der Waals surface area contributed by atoms with Gasteiger partial charge in [0.05, 0.1) is 16.8 Å². The number of hydrogen-bond donors (Lipinski definition) is 2. The summed E-state index contributed by atoms with van der Waals surface area (Å²) in [4.78, 5) is 17.8. The Labute approximate surface area is 184 Å². The Hall–Kier alpha value is -2.21. The van der Waals surface area contributed by atoms with E-state index in [1.807, 2.05) is 12.3 Å². The second-order valence-electron chi connectivity index (χ2n) is 7.49. The summed E-state index contributed by atoms with van der Waals surface area (Å²) in [6.07, 6.45) is 8.06. The number of aromatic nitrogens is 1. The molecular weight excluding hydrogens is 411 g/mol. The van der Waals surface area contributed by atoms with Crippen LogP contribution in [0.1, 0.15) is 43.7 Å². The van der Waals surface area contributed by atoms with Gasteiger partial charge < -0.3 is 5.32 Å². The molecule has 1 atom stereocenters. The zero-order chi connectivity index (χ0) is 21.9. The molecule has 0 amide bonds. The summed E-state index contributed by atoms with van der Waals surface area (Å²) >= 11 is 0. The number of fused-ring (bicyclic) bond motifs is 1. The molecule has 0 radical (unpaired) electrons. The van der Waals surface area contributed by atoms with Crippen LogP contribution in [0.25, 0.3) is 22.0 Å². The largest absolute Gasteiger partial charge is 0.725 e. The molecular formula is C24H30N2O4P+. The van der Waals surface area contributed by atoms with Gasteiger partial charge in [-0.1, -0.05) is 68.7 Å². The topological polar surface area (TPSA) is 80.7 Å². The first kappa shape index (κ1) is 23.5. The van der Waals surface area contributed by atoms with Gasteiger partial charge in [0.2, 0.25) is 0 Å². The normalized spacial score (nSPS) is 11.7. The Balaban J connectivity index is 1.67. The molecule has 2 aromatic carbocycles. The molecule has 3 rings (SSSR count). The number of benzene rings is 2. The highest BCUT2D eigenvalue weighted by Crippen LogP contribution is 2.30. The Morgan fingerprint density at radius 2 is 1.90 bits per heavy atom. The van der Waals surface area contributed by atoms with Gasteiger partial charge in [-0.3, -0.25) is 4.98 Å². The Bertz CT molecular complexity index is 979. The lowest BCUT2D eigenvalue weighted by Crippen LogP contribution is -2.19. The molecule has 1 unspecified atom stereocenters. The van der Waals surface area contributed by atoms with E-state index in [0.29, 0.717) is 13.1 Å². The molecule has 0 saturated carbocycles. The highest BCUT2D eigenvalue weighted by atomic mass is 31.1. The summed E-state index contributed by atoms with van der Waals surface area (Å²) in [6, 6.07) is 17.2. The lowest BCUT2D eigenvalue weighted by molar-refractivity contribution is -0.205. The third-order valence-corrected chi connectivity index (χ3v) is 5.46. The Kier molecular flexibility index (Phi) is 9.53. The minimum absolute atomic E-state index is 0.176. The fourth-order valence-corrected chi connectivity index (χ4v) is 3.82. The van der Waals surface area contributed by atoms with Crippen molar-refractivity contribution in [2.75, 3.05) is 13.2 Å². The maximum Gasteiger partial charge on any atom is 0.725 e. The molecule has 0 saturated heterocycles. The summed E-state index contributed by atoms with van der Waals surface area (Å²) in [5.74, 6) is 0. The van der Waals surface area contributed by atoms with Gasteiger partial charge in [-0.25, -0.2) is 0 Å². The van der Waals surface area contributed by atoms with Gasteiger partial charge in [0.1, 0.15) is 0 Å². The third-order valence-electron chi connectivity index (χ3n) is 5.23. The van der Waals surface area contributed by atoms with Crippen LogP contribution in [0.5, 0.6) is 0 Å². The number of nitrogens with zero attached hydrogens (tertiary/aromatic N) is 1. The highest BCUT2D eigenvalue weighted by Gasteiger charge is 2.13.